The Labute approximate surface area is 80.5 Å². The number of rotatable bonds is 2. The summed E-state index contributed by atoms with van der Waals surface area (Å²) in [6.45, 7) is 1.78. The summed E-state index contributed by atoms with van der Waals surface area (Å²) in [5.74, 6) is -1.47. The summed E-state index contributed by atoms with van der Waals surface area (Å²) < 4.78 is 30.3. The summed E-state index contributed by atoms with van der Waals surface area (Å²) in [5.41, 5.74) is 4.33. The Morgan fingerprint density at radius 2 is 2.29 bits per heavy atom. The highest BCUT2D eigenvalue weighted by Crippen LogP contribution is 2.15. The monoisotopic (exact) mass is 219 g/mol. The zero-order chi connectivity index (χ0) is 10.9. The molecule has 1 unspecified atom stereocenters. The van der Waals surface area contributed by atoms with Gasteiger partial charge in [-0.05, 0) is 6.92 Å². The van der Waals surface area contributed by atoms with Crippen molar-refractivity contribution in [3.63, 3.8) is 0 Å². The first-order valence-electron chi connectivity index (χ1n) is 3.75. The summed E-state index contributed by atoms with van der Waals surface area (Å²) >= 11 is 0. The molecule has 0 aromatic heterocycles. The van der Waals surface area contributed by atoms with Crippen molar-refractivity contribution in [3.05, 3.63) is 0 Å². The molecular formula is C6H9N3O4S. The molecule has 0 aromatic carbocycles. The van der Waals surface area contributed by atoms with Gasteiger partial charge in [-0.15, -0.1) is 4.40 Å². The number of sulfonamides is 1. The van der Waals surface area contributed by atoms with Gasteiger partial charge in [0.2, 0.25) is 17.1 Å². The molecular weight excluding hydrogens is 210 g/mol. The predicted octanol–water partition coefficient (Wildman–Crippen LogP) is -1.36. The molecule has 0 aliphatic carbocycles. The minimum Gasteiger partial charge on any atom is -0.476 e. The van der Waals surface area contributed by atoms with E-state index in [1.165, 1.54) is 0 Å². The largest absolute Gasteiger partial charge is 0.476 e. The topological polar surface area (TPSA) is 123 Å². The number of hydrogen-bond donors (Lipinski definition) is 2. The average Bonchev–Trinajstić information content (AvgIpc) is 2.22. The van der Waals surface area contributed by atoms with Crippen LogP contribution in [0, 0.1) is 5.41 Å². The van der Waals surface area contributed by atoms with Crippen LogP contribution < -0.4 is 5.73 Å². The van der Waals surface area contributed by atoms with Crippen LogP contribution >= 0.6 is 0 Å². The van der Waals surface area contributed by atoms with Crippen LogP contribution in [0.3, 0.4) is 0 Å². The fraction of sp³-hybridized carbons (Fsp3) is 0.500. The molecule has 0 radical (unpaired) electrons. The molecule has 0 saturated carbocycles. The molecule has 14 heavy (non-hydrogen) atoms. The van der Waals surface area contributed by atoms with Crippen LogP contribution in [0.5, 0.6) is 0 Å². The van der Waals surface area contributed by atoms with Gasteiger partial charge >= 0.3 is 0 Å². The molecule has 7 nitrogen and oxygen atoms in total. The molecule has 1 aliphatic rings. The Bertz CT molecular complexity index is 411. The maximum Gasteiger partial charge on any atom is 0.274 e. The molecule has 1 atom stereocenters. The third-order valence-corrected chi connectivity index (χ3v) is 3.02. The quantitative estimate of drug-likeness (QED) is 0.595. The van der Waals surface area contributed by atoms with Crippen molar-refractivity contribution >= 4 is 27.5 Å². The number of primary amides is 1. The van der Waals surface area contributed by atoms with Crippen LogP contribution in [0.1, 0.15) is 6.92 Å². The lowest BCUT2D eigenvalue weighted by Crippen LogP contribution is -2.39. The van der Waals surface area contributed by atoms with Crippen LogP contribution in [-0.2, 0) is 19.6 Å². The highest BCUT2D eigenvalue weighted by molar-refractivity contribution is 7.93. The average molecular weight is 219 g/mol. The molecule has 0 spiro atoms. The van der Waals surface area contributed by atoms with E-state index in [-0.39, 0.29) is 12.5 Å². The van der Waals surface area contributed by atoms with E-state index in [9.17, 15) is 13.2 Å². The minimum absolute atomic E-state index is 0.169. The van der Waals surface area contributed by atoms with Gasteiger partial charge in [-0.3, -0.25) is 10.2 Å². The van der Waals surface area contributed by atoms with Crippen LogP contribution in [-0.4, -0.2) is 37.8 Å². The van der Waals surface area contributed by atoms with E-state index in [0.29, 0.717) is 0 Å². The first-order chi connectivity index (χ1) is 6.40. The number of amides is 1. The van der Waals surface area contributed by atoms with Gasteiger partial charge in [-0.1, -0.05) is 0 Å². The van der Waals surface area contributed by atoms with Crippen molar-refractivity contribution in [1.82, 2.24) is 0 Å². The van der Waals surface area contributed by atoms with Gasteiger partial charge in [0.1, 0.15) is 5.71 Å². The van der Waals surface area contributed by atoms with Gasteiger partial charge in [0.05, 0.1) is 6.61 Å². The lowest BCUT2D eigenvalue weighted by Gasteiger charge is -2.03. The van der Waals surface area contributed by atoms with E-state index in [1.54, 1.807) is 6.92 Å². The van der Waals surface area contributed by atoms with Gasteiger partial charge < -0.3 is 10.5 Å². The van der Waals surface area contributed by atoms with Gasteiger partial charge in [-0.2, -0.15) is 0 Å². The maximum absolute atomic E-state index is 11.2. The predicted molar refractivity (Wildman–Crippen MR) is 48.7 cm³/mol. The van der Waals surface area contributed by atoms with Crippen LogP contribution in [0.4, 0.5) is 0 Å². The second-order valence-electron chi connectivity index (χ2n) is 2.54. The number of carbonyl (C=O) groups excluding carboxylic acids is 1. The first kappa shape index (κ1) is 10.6. The van der Waals surface area contributed by atoms with E-state index >= 15 is 0 Å². The van der Waals surface area contributed by atoms with Crippen LogP contribution in [0.15, 0.2) is 4.40 Å². The summed E-state index contributed by atoms with van der Waals surface area (Å²) in [6.07, 6.45) is 0. The second-order valence-corrected chi connectivity index (χ2v) is 4.22. The first-order valence-corrected chi connectivity index (χ1v) is 5.25. The summed E-state index contributed by atoms with van der Waals surface area (Å²) in [4.78, 5) is 10.8. The Morgan fingerprint density at radius 1 is 1.71 bits per heavy atom. The lowest BCUT2D eigenvalue weighted by molar-refractivity contribution is -0.116. The molecule has 78 valence electrons. The number of nitrogens with one attached hydrogen (secondary N) is 1. The van der Waals surface area contributed by atoms with Crippen molar-refractivity contribution in [1.29, 1.82) is 5.41 Å². The maximum atomic E-state index is 11.2. The van der Waals surface area contributed by atoms with Crippen molar-refractivity contribution in [3.8, 4) is 0 Å². The molecule has 8 heteroatoms. The molecule has 0 saturated heterocycles. The van der Waals surface area contributed by atoms with Crippen molar-refractivity contribution in [2.45, 2.75) is 12.2 Å². The minimum atomic E-state index is -4.04. The number of ether oxygens (including phenoxy) is 1. The van der Waals surface area contributed by atoms with Crippen LogP contribution in [0.2, 0.25) is 0 Å². The zero-order valence-electron chi connectivity index (χ0n) is 7.35. The number of nitrogens with two attached hydrogens (primary N) is 1. The fourth-order valence-corrected chi connectivity index (χ4v) is 2.19. The fourth-order valence-electron chi connectivity index (χ4n) is 1.01. The van der Waals surface area contributed by atoms with Crippen molar-refractivity contribution < 1.29 is 17.9 Å². The number of nitrogens with zero attached hydrogens (tertiary/aromatic N) is 1. The second kappa shape index (κ2) is 3.37. The van der Waals surface area contributed by atoms with Gasteiger partial charge in [-0.25, -0.2) is 8.42 Å². The molecule has 1 rings (SSSR count). The molecule has 3 N–H and O–H groups in total. The molecule has 1 aliphatic heterocycles. The van der Waals surface area contributed by atoms with Crippen molar-refractivity contribution in [2.24, 2.45) is 10.1 Å². The van der Waals surface area contributed by atoms with E-state index in [1.807, 2.05) is 0 Å². The Morgan fingerprint density at radius 3 is 2.64 bits per heavy atom. The van der Waals surface area contributed by atoms with Crippen LogP contribution in [0.25, 0.3) is 0 Å². The van der Waals surface area contributed by atoms with E-state index < -0.39 is 26.9 Å². The summed E-state index contributed by atoms with van der Waals surface area (Å²) in [7, 11) is -4.04. The standard InChI is InChI=1S/C6H9N3O4S/c1-2-13-6-3(7)4(5(8)10)14(11,12)9-6/h4,7H,2H2,1H3,(H2,8,10). The third-order valence-electron chi connectivity index (χ3n) is 1.54. The summed E-state index contributed by atoms with van der Waals surface area (Å²) in [5, 5.41) is 5.61. The van der Waals surface area contributed by atoms with E-state index in [4.69, 9.17) is 15.9 Å². The highest BCUT2D eigenvalue weighted by Gasteiger charge is 2.44. The van der Waals surface area contributed by atoms with E-state index in [0.717, 1.165) is 0 Å². The smallest absolute Gasteiger partial charge is 0.274 e. The highest BCUT2D eigenvalue weighted by atomic mass is 32.2. The number of carbonyl (C=O) groups is 1. The van der Waals surface area contributed by atoms with Gasteiger partial charge in [0.25, 0.3) is 10.0 Å². The van der Waals surface area contributed by atoms with Gasteiger partial charge in [0.15, 0.2) is 0 Å². The molecule has 0 fully saturated rings. The third kappa shape index (κ3) is 1.60. The lowest BCUT2D eigenvalue weighted by atomic mass is 10.2. The Kier molecular flexibility index (Phi) is 2.56. The molecule has 1 amide bonds. The normalized spacial score (nSPS) is 24.5. The molecule has 1 heterocycles. The van der Waals surface area contributed by atoms with Gasteiger partial charge in [0, 0.05) is 0 Å². The van der Waals surface area contributed by atoms with Crippen molar-refractivity contribution in [2.75, 3.05) is 6.61 Å². The molecule has 0 bridgehead atoms. The summed E-state index contributed by atoms with van der Waals surface area (Å²) in [6, 6.07) is 0. The zero-order valence-corrected chi connectivity index (χ0v) is 8.17. The number of hydrogen-bond acceptors (Lipinski definition) is 5. The SMILES string of the molecule is CCOC1=NS(=O)(=O)C(C(N)=O)C1=N. The molecule has 0 aromatic rings. The Balaban J connectivity index is 3.11. The Hall–Kier alpha value is -1.44. The van der Waals surface area contributed by atoms with E-state index in [2.05, 4.69) is 4.40 Å².